The molecule has 0 radical (unpaired) electrons. The number of nitrogens with zero attached hydrogens (tertiary/aromatic N) is 3. The number of nitriles is 1. The van der Waals surface area contributed by atoms with E-state index in [0.29, 0.717) is 42.0 Å². The summed E-state index contributed by atoms with van der Waals surface area (Å²) in [7, 11) is 3.24. The number of anilines is 1. The van der Waals surface area contributed by atoms with Crippen LogP contribution in [0.25, 0.3) is 0 Å². The highest BCUT2D eigenvalue weighted by molar-refractivity contribution is 8.03. The Balaban J connectivity index is 1.63. The molecule has 6 nitrogen and oxygen atoms in total. The van der Waals surface area contributed by atoms with Gasteiger partial charge in [0.1, 0.15) is 11.5 Å². The number of benzene rings is 2. The summed E-state index contributed by atoms with van der Waals surface area (Å²) in [4.78, 5) is 17.0. The number of amides is 1. The van der Waals surface area contributed by atoms with Gasteiger partial charge < -0.3 is 14.4 Å². The number of rotatable bonds is 5. The molecule has 1 saturated heterocycles. The third-order valence-electron chi connectivity index (χ3n) is 6.03. The molecule has 2 aromatic carbocycles. The molecular weight excluding hydrogens is 422 g/mol. The Bertz CT molecular complexity index is 1090. The fourth-order valence-electron chi connectivity index (χ4n) is 4.16. The highest BCUT2D eigenvalue weighted by atomic mass is 32.2. The lowest BCUT2D eigenvalue weighted by molar-refractivity contribution is -0.129. The fourth-order valence-corrected chi connectivity index (χ4v) is 5.32. The average Bonchev–Trinajstić information content (AvgIpc) is 2.83. The molecule has 1 fully saturated rings. The van der Waals surface area contributed by atoms with Crippen LogP contribution < -0.4 is 14.4 Å². The van der Waals surface area contributed by atoms with Gasteiger partial charge in [-0.3, -0.25) is 9.69 Å². The van der Waals surface area contributed by atoms with Crippen molar-refractivity contribution in [1.82, 2.24) is 4.90 Å². The lowest BCUT2D eigenvalue weighted by Crippen LogP contribution is -2.47. The molecule has 7 heteroatoms. The van der Waals surface area contributed by atoms with Crippen LogP contribution in [0.2, 0.25) is 0 Å². The zero-order chi connectivity index (χ0) is 22.8. The van der Waals surface area contributed by atoms with Crippen LogP contribution in [0.1, 0.15) is 43.2 Å². The third-order valence-corrected chi connectivity index (χ3v) is 7.18. The molecule has 32 heavy (non-hydrogen) atoms. The van der Waals surface area contributed by atoms with Crippen molar-refractivity contribution in [3.63, 3.8) is 0 Å². The van der Waals surface area contributed by atoms with E-state index in [1.807, 2.05) is 18.2 Å². The fraction of sp³-hybridized carbons (Fsp3) is 0.360. The van der Waals surface area contributed by atoms with Gasteiger partial charge in [0.15, 0.2) is 0 Å². The molecule has 1 amide bonds. The normalized spacial score (nSPS) is 18.5. The Kier molecular flexibility index (Phi) is 6.33. The van der Waals surface area contributed by atoms with E-state index in [0.717, 1.165) is 16.3 Å². The smallest absolute Gasteiger partial charge is 0.229 e. The van der Waals surface area contributed by atoms with Crippen molar-refractivity contribution in [3.05, 3.63) is 64.2 Å². The highest BCUT2D eigenvalue weighted by Crippen LogP contribution is 2.44. The van der Waals surface area contributed by atoms with Gasteiger partial charge >= 0.3 is 0 Å². The molecule has 0 bridgehead atoms. The van der Waals surface area contributed by atoms with E-state index in [4.69, 9.17) is 9.47 Å². The molecule has 0 aromatic heterocycles. The number of carbonyl (C=O) groups is 1. The lowest BCUT2D eigenvalue weighted by Gasteiger charge is -2.42. The molecule has 2 aromatic rings. The Labute approximate surface area is 193 Å². The van der Waals surface area contributed by atoms with Gasteiger partial charge in [-0.1, -0.05) is 49.9 Å². The number of fused-ring (bicyclic) bond motifs is 1. The van der Waals surface area contributed by atoms with Crippen molar-refractivity contribution >= 4 is 23.4 Å². The Morgan fingerprint density at radius 2 is 1.88 bits per heavy atom. The van der Waals surface area contributed by atoms with Crippen molar-refractivity contribution in [3.8, 4) is 17.6 Å². The van der Waals surface area contributed by atoms with Crippen LogP contribution in [0, 0.1) is 11.3 Å². The Morgan fingerprint density at radius 3 is 2.50 bits per heavy atom. The first-order chi connectivity index (χ1) is 15.5. The van der Waals surface area contributed by atoms with Crippen LogP contribution in [-0.4, -0.2) is 37.6 Å². The van der Waals surface area contributed by atoms with Crippen molar-refractivity contribution in [2.45, 2.75) is 32.1 Å². The lowest BCUT2D eigenvalue weighted by atomic mass is 9.85. The van der Waals surface area contributed by atoms with Gasteiger partial charge in [-0.15, -0.1) is 0 Å². The largest absolute Gasteiger partial charge is 0.497 e. The second kappa shape index (κ2) is 9.17. The predicted molar refractivity (Wildman–Crippen MR) is 127 cm³/mol. The minimum atomic E-state index is -0.200. The first kappa shape index (κ1) is 22.1. The highest BCUT2D eigenvalue weighted by Gasteiger charge is 2.38. The van der Waals surface area contributed by atoms with Crippen LogP contribution >= 0.6 is 11.8 Å². The van der Waals surface area contributed by atoms with Crippen molar-refractivity contribution in [1.29, 1.82) is 5.26 Å². The SMILES string of the molecule is COc1ccc(N2CSC3=C(C#N)C(c4ccc(C(C)C)cc4)CC(=O)N3C2)c(OC)c1. The van der Waals surface area contributed by atoms with E-state index in [-0.39, 0.29) is 11.8 Å². The topological polar surface area (TPSA) is 65.8 Å². The summed E-state index contributed by atoms with van der Waals surface area (Å²) in [5, 5.41) is 10.8. The van der Waals surface area contributed by atoms with Gasteiger partial charge in [0.2, 0.25) is 5.91 Å². The van der Waals surface area contributed by atoms with Crippen LogP contribution in [0.15, 0.2) is 53.1 Å². The third kappa shape index (κ3) is 4.03. The summed E-state index contributed by atoms with van der Waals surface area (Å²) in [5.41, 5.74) is 3.83. The number of allylic oxidation sites excluding steroid dienone is 1. The molecule has 0 saturated carbocycles. The first-order valence-electron chi connectivity index (χ1n) is 10.6. The van der Waals surface area contributed by atoms with Crippen LogP contribution in [-0.2, 0) is 4.79 Å². The molecular formula is C25H27N3O3S. The van der Waals surface area contributed by atoms with E-state index in [9.17, 15) is 10.1 Å². The standard InChI is InChI=1S/C25H27N3O3S/c1-16(2)17-5-7-18(8-6-17)20-12-24(29)28-14-27(15-32-25(28)21(20)13-26)22-10-9-19(30-3)11-23(22)31-4/h5-11,16,20H,12,14-15H2,1-4H3. The van der Waals surface area contributed by atoms with E-state index < -0.39 is 0 Å². The van der Waals surface area contributed by atoms with Crippen molar-refractivity contribution in [2.24, 2.45) is 0 Å². The van der Waals surface area contributed by atoms with E-state index in [2.05, 4.69) is 49.1 Å². The molecule has 0 aliphatic carbocycles. The quantitative estimate of drug-likeness (QED) is 0.637. The summed E-state index contributed by atoms with van der Waals surface area (Å²) in [6, 6.07) is 16.4. The van der Waals surface area contributed by atoms with Gasteiger partial charge in [0.25, 0.3) is 0 Å². The van der Waals surface area contributed by atoms with Gasteiger partial charge in [0, 0.05) is 18.4 Å². The zero-order valence-electron chi connectivity index (χ0n) is 18.8. The Morgan fingerprint density at radius 1 is 1.12 bits per heavy atom. The minimum Gasteiger partial charge on any atom is -0.497 e. The Hall–Kier alpha value is -3.11. The molecule has 2 heterocycles. The molecule has 4 rings (SSSR count). The van der Waals surface area contributed by atoms with Gasteiger partial charge in [0.05, 0.1) is 49.1 Å². The maximum Gasteiger partial charge on any atom is 0.229 e. The summed E-state index contributed by atoms with van der Waals surface area (Å²) in [6.07, 6.45) is 0.293. The average molecular weight is 450 g/mol. The van der Waals surface area contributed by atoms with E-state index in [1.54, 1.807) is 19.1 Å². The first-order valence-corrected chi connectivity index (χ1v) is 11.6. The number of thioether (sulfide) groups is 1. The summed E-state index contributed by atoms with van der Waals surface area (Å²) in [5.74, 6) is 2.28. The zero-order valence-corrected chi connectivity index (χ0v) is 19.6. The molecule has 0 N–H and O–H groups in total. The molecule has 1 atom stereocenters. The van der Waals surface area contributed by atoms with E-state index in [1.165, 1.54) is 17.3 Å². The minimum absolute atomic E-state index is 0.0293. The monoisotopic (exact) mass is 449 g/mol. The number of carbonyl (C=O) groups excluding carboxylic acids is 1. The number of hydrogen-bond donors (Lipinski definition) is 0. The second-order valence-electron chi connectivity index (χ2n) is 8.22. The van der Waals surface area contributed by atoms with Gasteiger partial charge in [-0.2, -0.15) is 5.26 Å². The van der Waals surface area contributed by atoms with Crippen LogP contribution in [0.5, 0.6) is 11.5 Å². The van der Waals surface area contributed by atoms with E-state index >= 15 is 0 Å². The molecule has 1 unspecified atom stereocenters. The molecule has 2 aliphatic rings. The molecule has 0 spiro atoms. The predicted octanol–water partition coefficient (Wildman–Crippen LogP) is 5.05. The number of ether oxygens (including phenoxy) is 2. The van der Waals surface area contributed by atoms with Crippen LogP contribution in [0.3, 0.4) is 0 Å². The number of methoxy groups -OCH3 is 2. The number of hydrogen-bond acceptors (Lipinski definition) is 6. The van der Waals surface area contributed by atoms with Crippen molar-refractivity contribution < 1.29 is 14.3 Å². The van der Waals surface area contributed by atoms with Gasteiger partial charge in [-0.25, -0.2) is 0 Å². The maximum absolute atomic E-state index is 13.2. The molecule has 2 aliphatic heterocycles. The maximum atomic E-state index is 13.2. The van der Waals surface area contributed by atoms with Crippen LogP contribution in [0.4, 0.5) is 5.69 Å². The summed E-state index contributed by atoms with van der Waals surface area (Å²) >= 11 is 1.52. The summed E-state index contributed by atoms with van der Waals surface area (Å²) < 4.78 is 10.8. The molecule has 166 valence electrons. The second-order valence-corrected chi connectivity index (χ2v) is 9.16. The van der Waals surface area contributed by atoms with Crippen molar-refractivity contribution in [2.75, 3.05) is 31.7 Å². The van der Waals surface area contributed by atoms with Gasteiger partial charge in [-0.05, 0) is 29.2 Å². The summed E-state index contributed by atoms with van der Waals surface area (Å²) in [6.45, 7) is 4.69.